The lowest BCUT2D eigenvalue weighted by Gasteiger charge is -2.08. The van der Waals surface area contributed by atoms with Crippen LogP contribution >= 0.6 is 0 Å². The van der Waals surface area contributed by atoms with Crippen molar-refractivity contribution in [1.82, 2.24) is 4.57 Å². The summed E-state index contributed by atoms with van der Waals surface area (Å²) in [4.78, 5) is 11.7. The Labute approximate surface area is 98.6 Å². The minimum Gasteiger partial charge on any atom is -0.465 e. The highest BCUT2D eigenvalue weighted by Crippen LogP contribution is 2.36. The van der Waals surface area contributed by atoms with Crippen LogP contribution in [-0.4, -0.2) is 17.6 Å². The molecule has 0 fully saturated rings. The molecule has 86 valence electrons. The number of nitrogens with two attached hydrogens (primary N) is 1. The molecule has 0 aliphatic carbocycles. The number of carbonyl (C=O) groups is 1. The van der Waals surface area contributed by atoms with Crippen LogP contribution < -0.4 is 5.73 Å². The van der Waals surface area contributed by atoms with Gasteiger partial charge < -0.3 is 15.0 Å². The maximum atomic E-state index is 11.7. The second-order valence-corrected chi connectivity index (χ2v) is 4.02. The van der Waals surface area contributed by atoms with E-state index in [2.05, 4.69) is 0 Å². The van der Waals surface area contributed by atoms with E-state index >= 15 is 0 Å². The van der Waals surface area contributed by atoms with E-state index in [0.717, 1.165) is 16.9 Å². The number of nitrogens with zero attached hydrogens (tertiary/aromatic N) is 1. The van der Waals surface area contributed by atoms with Crippen molar-refractivity contribution in [2.24, 2.45) is 5.73 Å². The van der Waals surface area contributed by atoms with Gasteiger partial charge in [-0.05, 0) is 23.8 Å². The van der Waals surface area contributed by atoms with Gasteiger partial charge in [-0.1, -0.05) is 12.1 Å². The SMILES string of the molecule is COC(=O)c1cccc2c1-n1cccc1C2N. The van der Waals surface area contributed by atoms with Crippen molar-refractivity contribution in [2.75, 3.05) is 7.11 Å². The molecule has 1 aromatic carbocycles. The number of para-hydroxylation sites is 1. The first-order valence-corrected chi connectivity index (χ1v) is 5.38. The average molecular weight is 228 g/mol. The van der Waals surface area contributed by atoms with Crippen molar-refractivity contribution in [3.8, 4) is 5.69 Å². The average Bonchev–Trinajstić information content (AvgIpc) is 2.92. The van der Waals surface area contributed by atoms with E-state index in [1.54, 1.807) is 6.07 Å². The quantitative estimate of drug-likeness (QED) is 0.755. The smallest absolute Gasteiger partial charge is 0.340 e. The van der Waals surface area contributed by atoms with Crippen LogP contribution in [0.4, 0.5) is 0 Å². The third-order valence-electron chi connectivity index (χ3n) is 3.15. The van der Waals surface area contributed by atoms with Crippen molar-refractivity contribution in [3.05, 3.63) is 53.3 Å². The Kier molecular flexibility index (Phi) is 2.06. The summed E-state index contributed by atoms with van der Waals surface area (Å²) < 4.78 is 6.75. The van der Waals surface area contributed by atoms with Crippen LogP contribution in [0.5, 0.6) is 0 Å². The predicted molar refractivity (Wildman–Crippen MR) is 63.1 cm³/mol. The van der Waals surface area contributed by atoms with Gasteiger partial charge in [0.1, 0.15) is 0 Å². The Morgan fingerprint density at radius 3 is 2.94 bits per heavy atom. The van der Waals surface area contributed by atoms with E-state index < -0.39 is 0 Å². The summed E-state index contributed by atoms with van der Waals surface area (Å²) >= 11 is 0. The Bertz CT molecular complexity index is 601. The van der Waals surface area contributed by atoms with E-state index in [0.29, 0.717) is 5.56 Å². The molecule has 4 nitrogen and oxygen atoms in total. The summed E-state index contributed by atoms with van der Waals surface area (Å²) in [6.07, 6.45) is 1.91. The summed E-state index contributed by atoms with van der Waals surface area (Å²) in [6, 6.07) is 9.24. The molecular formula is C13H12N2O2. The molecule has 2 aromatic rings. The second kappa shape index (κ2) is 3.46. The van der Waals surface area contributed by atoms with E-state index in [-0.39, 0.29) is 12.0 Å². The number of methoxy groups -OCH3 is 1. The zero-order chi connectivity index (χ0) is 12.0. The fourth-order valence-corrected chi connectivity index (χ4v) is 2.37. The molecule has 17 heavy (non-hydrogen) atoms. The van der Waals surface area contributed by atoms with E-state index in [9.17, 15) is 4.79 Å². The van der Waals surface area contributed by atoms with Gasteiger partial charge in [-0.25, -0.2) is 4.79 Å². The third-order valence-corrected chi connectivity index (χ3v) is 3.15. The number of carbonyl (C=O) groups excluding carboxylic acids is 1. The van der Waals surface area contributed by atoms with Crippen LogP contribution in [0.25, 0.3) is 5.69 Å². The molecule has 0 saturated carbocycles. The third kappa shape index (κ3) is 1.24. The lowest BCUT2D eigenvalue weighted by molar-refractivity contribution is 0.0601. The number of rotatable bonds is 1. The number of aromatic nitrogens is 1. The molecule has 2 N–H and O–H groups in total. The molecule has 0 saturated heterocycles. The lowest BCUT2D eigenvalue weighted by Crippen LogP contribution is -2.09. The van der Waals surface area contributed by atoms with Crippen molar-refractivity contribution in [3.63, 3.8) is 0 Å². The highest BCUT2D eigenvalue weighted by Gasteiger charge is 2.29. The van der Waals surface area contributed by atoms with Gasteiger partial charge in [0, 0.05) is 11.9 Å². The van der Waals surface area contributed by atoms with Crippen LogP contribution in [0.3, 0.4) is 0 Å². The van der Waals surface area contributed by atoms with Crippen molar-refractivity contribution in [1.29, 1.82) is 0 Å². The highest BCUT2D eigenvalue weighted by molar-refractivity contribution is 5.94. The monoisotopic (exact) mass is 228 g/mol. The maximum Gasteiger partial charge on any atom is 0.340 e. The molecule has 0 spiro atoms. The molecule has 1 aliphatic rings. The van der Waals surface area contributed by atoms with E-state index in [1.807, 2.05) is 35.0 Å². The summed E-state index contributed by atoms with van der Waals surface area (Å²) in [5.74, 6) is -0.337. The number of hydrogen-bond acceptors (Lipinski definition) is 3. The lowest BCUT2D eigenvalue weighted by atomic mass is 10.0. The fourth-order valence-electron chi connectivity index (χ4n) is 2.37. The van der Waals surface area contributed by atoms with Crippen molar-refractivity contribution in [2.45, 2.75) is 6.04 Å². The Morgan fingerprint density at radius 1 is 1.35 bits per heavy atom. The molecule has 2 heterocycles. The van der Waals surface area contributed by atoms with Crippen LogP contribution in [0, 0.1) is 0 Å². The van der Waals surface area contributed by atoms with Gasteiger partial charge in [0.25, 0.3) is 0 Å². The van der Waals surface area contributed by atoms with Gasteiger partial charge in [0.05, 0.1) is 24.4 Å². The van der Waals surface area contributed by atoms with Crippen LogP contribution in [0.1, 0.15) is 27.7 Å². The molecule has 4 heteroatoms. The van der Waals surface area contributed by atoms with Gasteiger partial charge in [-0.3, -0.25) is 0 Å². The first-order valence-electron chi connectivity index (χ1n) is 5.38. The van der Waals surface area contributed by atoms with Gasteiger partial charge >= 0.3 is 5.97 Å². The van der Waals surface area contributed by atoms with Gasteiger partial charge in [0.2, 0.25) is 0 Å². The standard InChI is InChI=1S/C13H12N2O2/c1-17-13(16)9-5-2-4-8-11(14)10-6-3-7-15(10)12(8)9/h2-7,11H,14H2,1H3. The maximum absolute atomic E-state index is 11.7. The summed E-state index contributed by atoms with van der Waals surface area (Å²) in [5, 5.41) is 0. The second-order valence-electron chi connectivity index (χ2n) is 4.02. The zero-order valence-corrected chi connectivity index (χ0v) is 9.38. The molecule has 0 radical (unpaired) electrons. The Balaban J connectivity index is 2.30. The van der Waals surface area contributed by atoms with Crippen molar-refractivity contribution >= 4 is 5.97 Å². The Morgan fingerprint density at radius 2 is 2.18 bits per heavy atom. The molecule has 0 bridgehead atoms. The van der Waals surface area contributed by atoms with Gasteiger partial charge in [0.15, 0.2) is 0 Å². The number of benzene rings is 1. The molecule has 1 unspecified atom stereocenters. The topological polar surface area (TPSA) is 57.2 Å². The minimum absolute atomic E-state index is 0.176. The Hall–Kier alpha value is -2.07. The highest BCUT2D eigenvalue weighted by atomic mass is 16.5. The number of fused-ring (bicyclic) bond motifs is 3. The van der Waals surface area contributed by atoms with Crippen LogP contribution in [0.2, 0.25) is 0 Å². The number of esters is 1. The summed E-state index contributed by atoms with van der Waals surface area (Å²) in [7, 11) is 1.38. The molecule has 1 aromatic heterocycles. The number of hydrogen-bond donors (Lipinski definition) is 1. The first kappa shape index (κ1) is 10.1. The van der Waals surface area contributed by atoms with E-state index in [4.69, 9.17) is 10.5 Å². The molecule has 1 aliphatic heterocycles. The normalized spacial score (nSPS) is 16.5. The summed E-state index contributed by atoms with van der Waals surface area (Å²) in [5.41, 5.74) is 9.49. The van der Waals surface area contributed by atoms with Gasteiger partial charge in [-0.2, -0.15) is 0 Å². The first-order chi connectivity index (χ1) is 8.24. The van der Waals surface area contributed by atoms with Crippen molar-refractivity contribution < 1.29 is 9.53 Å². The largest absolute Gasteiger partial charge is 0.465 e. The fraction of sp³-hybridized carbons (Fsp3) is 0.154. The molecule has 0 amide bonds. The minimum atomic E-state index is -0.337. The van der Waals surface area contributed by atoms with Crippen LogP contribution in [0.15, 0.2) is 36.5 Å². The van der Waals surface area contributed by atoms with E-state index in [1.165, 1.54) is 7.11 Å². The van der Waals surface area contributed by atoms with Crippen LogP contribution in [-0.2, 0) is 4.74 Å². The molecule has 3 rings (SSSR count). The zero-order valence-electron chi connectivity index (χ0n) is 9.38. The molecular weight excluding hydrogens is 216 g/mol. The predicted octanol–water partition coefficient (Wildman–Crippen LogP) is 1.63. The number of ether oxygens (including phenoxy) is 1. The summed E-state index contributed by atoms with van der Waals surface area (Å²) in [6.45, 7) is 0. The van der Waals surface area contributed by atoms with Gasteiger partial charge in [-0.15, -0.1) is 0 Å². The molecule has 1 atom stereocenters.